The molecule has 1 N–H and O–H groups in total. The Morgan fingerprint density at radius 3 is 2.32 bits per heavy atom. The summed E-state index contributed by atoms with van der Waals surface area (Å²) in [6, 6.07) is 2.12. The summed E-state index contributed by atoms with van der Waals surface area (Å²) < 4.78 is 0. The monoisotopic (exact) mass is 304 g/mol. The van der Waals surface area contributed by atoms with Gasteiger partial charge in [0.05, 0.1) is 6.10 Å². The molecule has 0 radical (unpaired) electrons. The second-order valence-corrected chi connectivity index (χ2v) is 7.32. The van der Waals surface area contributed by atoms with Crippen molar-refractivity contribution in [1.82, 2.24) is 9.97 Å². The molecule has 5 nitrogen and oxygen atoms in total. The van der Waals surface area contributed by atoms with Crippen LogP contribution in [-0.4, -0.2) is 47.4 Å². The van der Waals surface area contributed by atoms with E-state index in [-0.39, 0.29) is 6.10 Å². The maximum Gasteiger partial charge on any atom is 0.134 e. The molecule has 122 valence electrons. The zero-order chi connectivity index (χ0) is 15.7. The van der Waals surface area contributed by atoms with Gasteiger partial charge in [-0.2, -0.15) is 0 Å². The minimum absolute atomic E-state index is 0.241. The molecule has 3 rings (SSSR count). The van der Waals surface area contributed by atoms with Gasteiger partial charge < -0.3 is 14.9 Å². The molecule has 5 heteroatoms. The highest BCUT2D eigenvalue weighted by atomic mass is 16.3. The molecule has 0 bridgehead atoms. The first kappa shape index (κ1) is 15.5. The summed E-state index contributed by atoms with van der Waals surface area (Å²) in [6.45, 7) is 10.5. The van der Waals surface area contributed by atoms with E-state index in [1.54, 1.807) is 6.33 Å². The second-order valence-electron chi connectivity index (χ2n) is 7.32. The van der Waals surface area contributed by atoms with Gasteiger partial charge in [-0.05, 0) is 31.6 Å². The Labute approximate surface area is 133 Å². The molecule has 0 aliphatic carbocycles. The number of piperidine rings is 1. The lowest BCUT2D eigenvalue weighted by molar-refractivity contribution is 0.136. The molecule has 1 aromatic rings. The standard InChI is InChI=1S/C17H28N4O/c1-12-6-13(2)9-21(8-12)17-7-16(18-11-19-17)20-5-4-15(10-20)14(3)22/h7,11-15,22H,4-6,8-10H2,1-3H3. The van der Waals surface area contributed by atoms with Crippen LogP contribution >= 0.6 is 0 Å². The van der Waals surface area contributed by atoms with E-state index in [4.69, 9.17) is 0 Å². The van der Waals surface area contributed by atoms with E-state index < -0.39 is 0 Å². The van der Waals surface area contributed by atoms with Gasteiger partial charge >= 0.3 is 0 Å². The summed E-state index contributed by atoms with van der Waals surface area (Å²) in [5.74, 6) is 3.83. The van der Waals surface area contributed by atoms with E-state index in [1.165, 1.54) is 6.42 Å². The minimum Gasteiger partial charge on any atom is -0.393 e. The van der Waals surface area contributed by atoms with Gasteiger partial charge in [0.15, 0.2) is 0 Å². The fourth-order valence-electron chi connectivity index (χ4n) is 3.92. The average Bonchev–Trinajstić information content (AvgIpc) is 2.96. The summed E-state index contributed by atoms with van der Waals surface area (Å²) in [7, 11) is 0. The Balaban J connectivity index is 1.73. The third-order valence-corrected chi connectivity index (χ3v) is 5.06. The highest BCUT2D eigenvalue weighted by Gasteiger charge is 2.28. The van der Waals surface area contributed by atoms with Crippen LogP contribution in [0.2, 0.25) is 0 Å². The van der Waals surface area contributed by atoms with Gasteiger partial charge in [0, 0.05) is 38.2 Å². The first-order valence-electron chi connectivity index (χ1n) is 8.53. The smallest absolute Gasteiger partial charge is 0.134 e. The molecule has 2 fully saturated rings. The number of aliphatic hydroxyl groups excluding tert-OH is 1. The van der Waals surface area contributed by atoms with Gasteiger partial charge in [-0.3, -0.25) is 0 Å². The van der Waals surface area contributed by atoms with Crippen molar-refractivity contribution in [2.75, 3.05) is 36.0 Å². The summed E-state index contributed by atoms with van der Waals surface area (Å²) in [4.78, 5) is 13.6. The molecule has 0 amide bonds. The molecule has 0 aromatic carbocycles. The van der Waals surface area contributed by atoms with E-state index >= 15 is 0 Å². The van der Waals surface area contributed by atoms with Crippen molar-refractivity contribution in [1.29, 1.82) is 0 Å². The van der Waals surface area contributed by atoms with Crippen LogP contribution in [0.1, 0.15) is 33.6 Å². The van der Waals surface area contributed by atoms with Crippen LogP contribution in [0.4, 0.5) is 11.6 Å². The lowest BCUT2D eigenvalue weighted by Gasteiger charge is -2.36. The zero-order valence-electron chi connectivity index (χ0n) is 13.9. The Bertz CT molecular complexity index is 497. The third kappa shape index (κ3) is 3.35. The van der Waals surface area contributed by atoms with Gasteiger partial charge in [-0.1, -0.05) is 13.8 Å². The number of nitrogens with zero attached hydrogens (tertiary/aromatic N) is 4. The predicted octanol–water partition coefficient (Wildman–Crippen LogP) is 2.17. The summed E-state index contributed by atoms with van der Waals surface area (Å²) in [5.41, 5.74) is 0. The lowest BCUT2D eigenvalue weighted by Crippen LogP contribution is -2.39. The topological polar surface area (TPSA) is 52.5 Å². The van der Waals surface area contributed by atoms with Crippen LogP contribution in [0.15, 0.2) is 12.4 Å². The molecule has 0 saturated carbocycles. The van der Waals surface area contributed by atoms with Gasteiger partial charge in [-0.25, -0.2) is 9.97 Å². The molecule has 1 aromatic heterocycles. The molecule has 22 heavy (non-hydrogen) atoms. The largest absolute Gasteiger partial charge is 0.393 e. The van der Waals surface area contributed by atoms with Crippen LogP contribution in [0, 0.1) is 17.8 Å². The SMILES string of the molecule is CC1CC(C)CN(c2cc(N3CCC(C(C)O)C3)ncn2)C1. The van der Waals surface area contributed by atoms with E-state index in [9.17, 15) is 5.11 Å². The zero-order valence-corrected chi connectivity index (χ0v) is 13.9. The quantitative estimate of drug-likeness (QED) is 0.927. The average molecular weight is 304 g/mol. The van der Waals surface area contributed by atoms with Crippen LogP contribution < -0.4 is 9.80 Å². The molecule has 2 saturated heterocycles. The van der Waals surface area contributed by atoms with Gasteiger partial charge in [0.1, 0.15) is 18.0 Å². The number of rotatable bonds is 3. The number of hydrogen-bond donors (Lipinski definition) is 1. The van der Waals surface area contributed by atoms with E-state index in [1.807, 2.05) is 6.92 Å². The molecule has 2 aliphatic heterocycles. The van der Waals surface area contributed by atoms with E-state index in [2.05, 4.69) is 39.7 Å². The van der Waals surface area contributed by atoms with Crippen molar-refractivity contribution in [2.24, 2.45) is 17.8 Å². The minimum atomic E-state index is -0.241. The molecule has 3 heterocycles. The van der Waals surface area contributed by atoms with Crippen molar-refractivity contribution in [3.63, 3.8) is 0 Å². The van der Waals surface area contributed by atoms with Crippen molar-refractivity contribution < 1.29 is 5.11 Å². The Hall–Kier alpha value is -1.36. The fraction of sp³-hybridized carbons (Fsp3) is 0.765. The van der Waals surface area contributed by atoms with Crippen molar-refractivity contribution >= 4 is 11.6 Å². The number of aliphatic hydroxyl groups is 1. The molecule has 4 unspecified atom stereocenters. The number of hydrogen-bond acceptors (Lipinski definition) is 5. The fourth-order valence-corrected chi connectivity index (χ4v) is 3.92. The Kier molecular flexibility index (Phi) is 4.52. The third-order valence-electron chi connectivity index (χ3n) is 5.06. The van der Waals surface area contributed by atoms with Crippen molar-refractivity contribution in [3.05, 3.63) is 12.4 Å². The maximum absolute atomic E-state index is 9.77. The molecular weight excluding hydrogens is 276 g/mol. The lowest BCUT2D eigenvalue weighted by atomic mass is 9.92. The van der Waals surface area contributed by atoms with Gasteiger partial charge in [0.25, 0.3) is 0 Å². The first-order valence-corrected chi connectivity index (χ1v) is 8.53. The van der Waals surface area contributed by atoms with Crippen LogP contribution in [0.25, 0.3) is 0 Å². The van der Waals surface area contributed by atoms with Crippen LogP contribution in [0.5, 0.6) is 0 Å². The van der Waals surface area contributed by atoms with Crippen LogP contribution in [-0.2, 0) is 0 Å². The molecule has 0 spiro atoms. The maximum atomic E-state index is 9.77. The first-order chi connectivity index (χ1) is 10.5. The van der Waals surface area contributed by atoms with Crippen LogP contribution in [0.3, 0.4) is 0 Å². The Morgan fingerprint density at radius 1 is 1.09 bits per heavy atom. The van der Waals surface area contributed by atoms with Gasteiger partial charge in [0.2, 0.25) is 0 Å². The van der Waals surface area contributed by atoms with Crippen molar-refractivity contribution in [3.8, 4) is 0 Å². The number of anilines is 2. The van der Waals surface area contributed by atoms with E-state index in [0.717, 1.165) is 44.2 Å². The highest BCUT2D eigenvalue weighted by Crippen LogP contribution is 2.29. The second kappa shape index (κ2) is 6.41. The summed E-state index contributed by atoms with van der Waals surface area (Å²) in [5, 5.41) is 9.77. The number of aromatic nitrogens is 2. The summed E-state index contributed by atoms with van der Waals surface area (Å²) in [6.07, 6.45) is 3.78. The van der Waals surface area contributed by atoms with E-state index in [0.29, 0.717) is 17.8 Å². The highest BCUT2D eigenvalue weighted by molar-refractivity contribution is 5.51. The van der Waals surface area contributed by atoms with Crippen molar-refractivity contribution in [2.45, 2.75) is 39.7 Å². The molecular formula is C17H28N4O. The Morgan fingerprint density at radius 2 is 1.73 bits per heavy atom. The normalized spacial score (nSPS) is 30.6. The van der Waals surface area contributed by atoms with Gasteiger partial charge in [-0.15, -0.1) is 0 Å². The molecule has 4 atom stereocenters. The molecule has 2 aliphatic rings. The summed E-state index contributed by atoms with van der Waals surface area (Å²) >= 11 is 0. The predicted molar refractivity (Wildman–Crippen MR) is 89.2 cm³/mol.